The van der Waals surface area contributed by atoms with Crippen molar-refractivity contribution in [1.82, 2.24) is 23.9 Å². The third kappa shape index (κ3) is 2.36. The number of nitrogens with zero attached hydrogens (tertiary/aromatic N) is 5. The molecule has 0 aliphatic heterocycles. The Bertz CT molecular complexity index is 1130. The molecule has 0 saturated heterocycles. The van der Waals surface area contributed by atoms with Gasteiger partial charge in [-0.3, -0.25) is 13.9 Å². The van der Waals surface area contributed by atoms with Gasteiger partial charge in [-0.25, -0.2) is 9.59 Å². The highest BCUT2D eigenvalue weighted by Crippen LogP contribution is 2.23. The molecule has 0 aliphatic rings. The summed E-state index contributed by atoms with van der Waals surface area (Å²) in [6, 6.07) is 4.44. The van der Waals surface area contributed by atoms with Crippen LogP contribution in [0.25, 0.3) is 16.9 Å². The van der Waals surface area contributed by atoms with Gasteiger partial charge in [0.25, 0.3) is 5.56 Å². The predicted octanol–water partition coefficient (Wildman–Crippen LogP) is 0.485. The third-order valence-corrected chi connectivity index (χ3v) is 4.08. The monoisotopic (exact) mass is 353 g/mol. The Morgan fingerprint density at radius 2 is 1.70 bits per heavy atom. The van der Waals surface area contributed by atoms with Crippen LogP contribution in [-0.2, 0) is 14.1 Å². The van der Waals surface area contributed by atoms with Gasteiger partial charge in [-0.15, -0.1) is 0 Å². The van der Waals surface area contributed by atoms with E-state index in [-0.39, 0.29) is 16.2 Å². The first-order valence-electron chi connectivity index (χ1n) is 6.34. The van der Waals surface area contributed by atoms with Crippen molar-refractivity contribution in [2.75, 3.05) is 0 Å². The highest BCUT2D eigenvalue weighted by molar-refractivity contribution is 6.42. The van der Waals surface area contributed by atoms with Crippen molar-refractivity contribution in [3.63, 3.8) is 0 Å². The molecule has 3 rings (SSSR count). The molecule has 0 N–H and O–H groups in total. The third-order valence-electron chi connectivity index (χ3n) is 3.34. The smallest absolute Gasteiger partial charge is 0.279 e. The van der Waals surface area contributed by atoms with Gasteiger partial charge in [0.15, 0.2) is 11.2 Å². The molecule has 118 valence electrons. The lowest BCUT2D eigenvalue weighted by molar-refractivity contribution is 0.683. The first-order chi connectivity index (χ1) is 10.8. The summed E-state index contributed by atoms with van der Waals surface area (Å²) >= 11 is 11.8. The molecular weight excluding hydrogens is 345 g/mol. The summed E-state index contributed by atoms with van der Waals surface area (Å²) in [7, 11) is 2.72. The average molecular weight is 354 g/mol. The van der Waals surface area contributed by atoms with Crippen molar-refractivity contribution < 1.29 is 0 Å². The molecule has 0 aliphatic carbocycles. The Hall–Kier alpha value is -2.45. The van der Waals surface area contributed by atoms with Crippen LogP contribution in [-0.4, -0.2) is 23.9 Å². The molecule has 0 atom stereocenters. The number of hydrogen-bond acceptors (Lipinski definition) is 5. The topological polar surface area (TPSA) is 91.8 Å². The number of fused-ring (bicyclic) bond motifs is 1. The fourth-order valence-corrected chi connectivity index (χ4v) is 2.39. The van der Waals surface area contributed by atoms with Crippen LogP contribution < -0.4 is 16.9 Å². The van der Waals surface area contributed by atoms with Gasteiger partial charge in [0, 0.05) is 14.1 Å². The Morgan fingerprint density at radius 3 is 2.35 bits per heavy atom. The van der Waals surface area contributed by atoms with Crippen molar-refractivity contribution in [1.29, 1.82) is 0 Å². The normalized spacial score (nSPS) is 11.1. The second-order valence-corrected chi connectivity index (χ2v) is 5.60. The van der Waals surface area contributed by atoms with Crippen molar-refractivity contribution >= 4 is 34.4 Å². The minimum absolute atomic E-state index is 0.0839. The second kappa shape index (κ2) is 5.32. The highest BCUT2D eigenvalue weighted by Gasteiger charge is 2.15. The lowest BCUT2D eigenvalue weighted by atomic mass is 10.3. The van der Waals surface area contributed by atoms with Gasteiger partial charge < -0.3 is 0 Å². The van der Waals surface area contributed by atoms with Crippen molar-refractivity contribution in [2.45, 2.75) is 0 Å². The van der Waals surface area contributed by atoms with E-state index in [1.54, 1.807) is 0 Å². The molecule has 2 heterocycles. The zero-order valence-corrected chi connectivity index (χ0v) is 13.5. The molecule has 0 unspecified atom stereocenters. The Labute approximate surface area is 138 Å². The SMILES string of the molecule is Cn1c(=O)c2nn(-c3ccc(Cl)c(Cl)c3)c(=O)nc2n(C)c1=O. The molecule has 10 heteroatoms. The molecule has 8 nitrogen and oxygen atoms in total. The van der Waals surface area contributed by atoms with Gasteiger partial charge in [0.05, 0.1) is 15.7 Å². The highest BCUT2D eigenvalue weighted by atomic mass is 35.5. The van der Waals surface area contributed by atoms with Crippen LogP contribution in [0.5, 0.6) is 0 Å². The molecule has 0 bridgehead atoms. The lowest BCUT2D eigenvalue weighted by Gasteiger charge is -2.09. The van der Waals surface area contributed by atoms with E-state index >= 15 is 0 Å². The number of rotatable bonds is 1. The quantitative estimate of drug-likeness (QED) is 0.634. The molecule has 1 aromatic carbocycles. The summed E-state index contributed by atoms with van der Waals surface area (Å²) in [5, 5.41) is 4.57. The van der Waals surface area contributed by atoms with E-state index in [1.165, 1.54) is 32.3 Å². The number of benzene rings is 1. The largest absolute Gasteiger partial charge is 0.370 e. The van der Waals surface area contributed by atoms with Crippen LogP contribution in [0.3, 0.4) is 0 Å². The van der Waals surface area contributed by atoms with Crippen LogP contribution in [0, 0.1) is 0 Å². The molecule has 2 aromatic heterocycles. The molecule has 3 aromatic rings. The van der Waals surface area contributed by atoms with Crippen LogP contribution in [0.1, 0.15) is 0 Å². The van der Waals surface area contributed by atoms with E-state index < -0.39 is 16.9 Å². The van der Waals surface area contributed by atoms with Gasteiger partial charge >= 0.3 is 11.4 Å². The molecule has 23 heavy (non-hydrogen) atoms. The van der Waals surface area contributed by atoms with Gasteiger partial charge in [-0.2, -0.15) is 14.8 Å². The Balaban J connectivity index is 2.43. The number of aryl methyl sites for hydroxylation is 1. The minimum atomic E-state index is -0.751. The molecule has 0 spiro atoms. The molecule has 0 saturated carbocycles. The summed E-state index contributed by atoms with van der Waals surface area (Å²) < 4.78 is 2.90. The second-order valence-electron chi connectivity index (χ2n) is 4.78. The number of halogens is 2. The molecule has 0 fully saturated rings. The minimum Gasteiger partial charge on any atom is -0.279 e. The van der Waals surface area contributed by atoms with Gasteiger partial charge in [-0.05, 0) is 18.2 Å². The van der Waals surface area contributed by atoms with Gasteiger partial charge in [0.2, 0.25) is 0 Å². The standard InChI is InChI=1S/C13H9Cl2N5O3/c1-18-10-9(11(21)19(2)13(18)23)17-20(12(22)16-10)6-3-4-7(14)8(15)5-6/h3-5H,1-2H3. The van der Waals surface area contributed by atoms with Crippen molar-refractivity contribution in [3.05, 3.63) is 59.6 Å². The Kier molecular flexibility index (Phi) is 3.57. The zero-order valence-electron chi connectivity index (χ0n) is 11.9. The van der Waals surface area contributed by atoms with Crippen molar-refractivity contribution in [3.8, 4) is 5.69 Å². The lowest BCUT2D eigenvalue weighted by Crippen LogP contribution is -2.40. The van der Waals surface area contributed by atoms with E-state index in [0.29, 0.717) is 10.7 Å². The summed E-state index contributed by atoms with van der Waals surface area (Å²) in [6.45, 7) is 0. The summed E-state index contributed by atoms with van der Waals surface area (Å²) in [4.78, 5) is 40.0. The fourth-order valence-electron chi connectivity index (χ4n) is 2.10. The van der Waals surface area contributed by atoms with Crippen LogP contribution in [0.4, 0.5) is 0 Å². The maximum atomic E-state index is 12.2. The van der Waals surface area contributed by atoms with E-state index in [1.807, 2.05) is 0 Å². The van der Waals surface area contributed by atoms with Crippen LogP contribution in [0.15, 0.2) is 32.6 Å². The fraction of sp³-hybridized carbons (Fsp3) is 0.154. The molecule has 0 amide bonds. The van der Waals surface area contributed by atoms with E-state index in [0.717, 1.165) is 13.8 Å². The number of hydrogen-bond donors (Lipinski definition) is 0. The summed E-state index contributed by atoms with van der Waals surface area (Å²) in [5.74, 6) is 0. The zero-order chi connectivity index (χ0) is 16.9. The number of aromatic nitrogens is 5. The first-order valence-corrected chi connectivity index (χ1v) is 7.09. The first kappa shape index (κ1) is 15.4. The van der Waals surface area contributed by atoms with E-state index in [4.69, 9.17) is 23.2 Å². The molecule has 0 radical (unpaired) electrons. The van der Waals surface area contributed by atoms with Gasteiger partial charge in [0.1, 0.15) is 0 Å². The van der Waals surface area contributed by atoms with E-state index in [2.05, 4.69) is 10.1 Å². The maximum Gasteiger partial charge on any atom is 0.370 e. The van der Waals surface area contributed by atoms with Gasteiger partial charge in [-0.1, -0.05) is 23.2 Å². The average Bonchev–Trinajstić information content (AvgIpc) is 2.53. The molecular formula is C13H9Cl2N5O3. The Morgan fingerprint density at radius 1 is 1.00 bits per heavy atom. The van der Waals surface area contributed by atoms with Crippen LogP contribution in [0.2, 0.25) is 10.0 Å². The van der Waals surface area contributed by atoms with E-state index in [9.17, 15) is 14.4 Å². The predicted molar refractivity (Wildman–Crippen MR) is 85.6 cm³/mol. The van der Waals surface area contributed by atoms with Crippen molar-refractivity contribution in [2.24, 2.45) is 14.1 Å². The summed E-state index contributed by atoms with van der Waals surface area (Å²) in [6.07, 6.45) is 0. The maximum absolute atomic E-state index is 12.2. The van der Waals surface area contributed by atoms with Crippen LogP contribution >= 0.6 is 23.2 Å². The summed E-state index contributed by atoms with van der Waals surface area (Å²) in [5.41, 5.74) is -1.89.